The lowest BCUT2D eigenvalue weighted by atomic mass is 9.97. The van der Waals surface area contributed by atoms with Crippen molar-refractivity contribution in [1.29, 1.82) is 0 Å². The Bertz CT molecular complexity index is 320. The second-order valence-corrected chi connectivity index (χ2v) is 4.12. The molecule has 0 amide bonds. The van der Waals surface area contributed by atoms with Crippen molar-refractivity contribution in [3.05, 3.63) is 34.9 Å². The minimum Gasteiger partial charge on any atom is -0.316 e. The number of nitrogens with one attached hydrogen (secondary N) is 1. The highest BCUT2D eigenvalue weighted by Gasteiger charge is 2.12. The summed E-state index contributed by atoms with van der Waals surface area (Å²) in [6.07, 6.45) is 1.20. The van der Waals surface area contributed by atoms with Crippen LogP contribution >= 0.6 is 0 Å². The van der Waals surface area contributed by atoms with Gasteiger partial charge in [-0.2, -0.15) is 0 Å². The van der Waals surface area contributed by atoms with Gasteiger partial charge in [-0.25, -0.2) is 0 Å². The molecule has 0 bridgehead atoms. The predicted octanol–water partition coefficient (Wildman–Crippen LogP) is 1.39. The molecular formula is C12H18N2. The third kappa shape index (κ3) is 1.97. The van der Waals surface area contributed by atoms with E-state index in [1.54, 1.807) is 0 Å². The van der Waals surface area contributed by atoms with E-state index in [4.69, 9.17) is 0 Å². The minimum absolute atomic E-state index is 0.975. The summed E-state index contributed by atoms with van der Waals surface area (Å²) in [5, 5.41) is 3.19. The van der Waals surface area contributed by atoms with Gasteiger partial charge in [0, 0.05) is 19.6 Å². The molecule has 2 nitrogen and oxygen atoms in total. The Morgan fingerprint density at radius 3 is 3.00 bits per heavy atom. The molecule has 1 aromatic rings. The zero-order valence-corrected chi connectivity index (χ0v) is 9.01. The van der Waals surface area contributed by atoms with Crippen molar-refractivity contribution in [2.24, 2.45) is 0 Å². The van der Waals surface area contributed by atoms with E-state index >= 15 is 0 Å². The lowest BCUT2D eigenvalue weighted by Gasteiger charge is -2.25. The fourth-order valence-corrected chi connectivity index (χ4v) is 2.06. The zero-order valence-electron chi connectivity index (χ0n) is 9.01. The van der Waals surface area contributed by atoms with Crippen LogP contribution in [-0.4, -0.2) is 25.5 Å². The van der Waals surface area contributed by atoms with Gasteiger partial charge in [-0.15, -0.1) is 0 Å². The average Bonchev–Trinajstić information content (AvgIpc) is 2.19. The fraction of sp³-hybridized carbons (Fsp3) is 0.500. The monoisotopic (exact) mass is 190 g/mol. The molecular weight excluding hydrogens is 172 g/mol. The smallest absolute Gasteiger partial charge is 0.0233 e. The van der Waals surface area contributed by atoms with E-state index in [1.165, 1.54) is 29.7 Å². The first-order valence-corrected chi connectivity index (χ1v) is 5.23. The first kappa shape index (κ1) is 9.69. The molecule has 1 heterocycles. The van der Waals surface area contributed by atoms with Crippen LogP contribution in [0.25, 0.3) is 0 Å². The molecule has 0 fully saturated rings. The van der Waals surface area contributed by atoms with Crippen LogP contribution in [0.5, 0.6) is 0 Å². The summed E-state index contributed by atoms with van der Waals surface area (Å²) in [5.74, 6) is 0. The molecule has 0 radical (unpaired) electrons. The molecule has 2 rings (SSSR count). The Kier molecular flexibility index (Phi) is 2.85. The molecule has 0 unspecified atom stereocenters. The summed E-state index contributed by atoms with van der Waals surface area (Å²) < 4.78 is 0. The lowest BCUT2D eigenvalue weighted by Crippen LogP contribution is -2.26. The van der Waals surface area contributed by atoms with E-state index in [1.807, 2.05) is 7.05 Å². The largest absolute Gasteiger partial charge is 0.316 e. The summed E-state index contributed by atoms with van der Waals surface area (Å²) in [7, 11) is 4.18. The van der Waals surface area contributed by atoms with Gasteiger partial charge in [0.25, 0.3) is 0 Å². The van der Waals surface area contributed by atoms with E-state index in [2.05, 4.69) is 35.5 Å². The number of hydrogen-bond donors (Lipinski definition) is 1. The quantitative estimate of drug-likeness (QED) is 0.758. The molecule has 14 heavy (non-hydrogen) atoms. The molecule has 1 aliphatic heterocycles. The van der Waals surface area contributed by atoms with Gasteiger partial charge in [-0.1, -0.05) is 18.2 Å². The molecule has 0 atom stereocenters. The summed E-state index contributed by atoms with van der Waals surface area (Å²) in [6.45, 7) is 3.27. The van der Waals surface area contributed by atoms with Crippen LogP contribution < -0.4 is 5.32 Å². The van der Waals surface area contributed by atoms with Gasteiger partial charge >= 0.3 is 0 Å². The number of fused-ring (bicyclic) bond motifs is 1. The van der Waals surface area contributed by atoms with Gasteiger partial charge < -0.3 is 10.2 Å². The number of nitrogens with zero attached hydrogens (tertiary/aromatic N) is 1. The van der Waals surface area contributed by atoms with E-state index in [-0.39, 0.29) is 0 Å². The molecule has 0 aliphatic carbocycles. The summed E-state index contributed by atoms with van der Waals surface area (Å²) >= 11 is 0. The van der Waals surface area contributed by atoms with Crippen LogP contribution in [0.3, 0.4) is 0 Å². The van der Waals surface area contributed by atoms with Gasteiger partial charge in [-0.3, -0.25) is 0 Å². The number of likely N-dealkylation sites (N-methyl/N-ethyl adjacent to an activating group) is 1. The van der Waals surface area contributed by atoms with Gasteiger partial charge in [0.05, 0.1) is 0 Å². The van der Waals surface area contributed by atoms with E-state index in [0.29, 0.717) is 0 Å². The van der Waals surface area contributed by atoms with Crippen molar-refractivity contribution in [3.63, 3.8) is 0 Å². The average molecular weight is 190 g/mol. The molecule has 1 aromatic carbocycles. The maximum atomic E-state index is 3.19. The van der Waals surface area contributed by atoms with Gasteiger partial charge in [0.2, 0.25) is 0 Å². The SMILES string of the molecule is CNCc1ccc2c(c1)CCN(C)C2. The van der Waals surface area contributed by atoms with Crippen LogP contribution in [0.2, 0.25) is 0 Å². The zero-order chi connectivity index (χ0) is 9.97. The van der Waals surface area contributed by atoms with E-state index in [9.17, 15) is 0 Å². The Balaban J connectivity index is 2.22. The van der Waals surface area contributed by atoms with Crippen molar-refractivity contribution in [2.75, 3.05) is 20.6 Å². The molecule has 76 valence electrons. The van der Waals surface area contributed by atoms with Crippen LogP contribution in [0.1, 0.15) is 16.7 Å². The summed E-state index contributed by atoms with van der Waals surface area (Å²) in [6, 6.07) is 6.85. The van der Waals surface area contributed by atoms with Gasteiger partial charge in [0.15, 0.2) is 0 Å². The van der Waals surface area contributed by atoms with Crippen molar-refractivity contribution in [1.82, 2.24) is 10.2 Å². The summed E-state index contributed by atoms with van der Waals surface area (Å²) in [4.78, 5) is 2.38. The van der Waals surface area contributed by atoms with E-state index in [0.717, 1.165) is 13.1 Å². The Labute approximate surface area is 85.9 Å². The summed E-state index contributed by atoms with van der Waals surface area (Å²) in [5.41, 5.74) is 4.44. The maximum Gasteiger partial charge on any atom is 0.0233 e. The van der Waals surface area contributed by atoms with Crippen LogP contribution in [0.15, 0.2) is 18.2 Å². The third-order valence-electron chi connectivity index (χ3n) is 2.85. The highest BCUT2D eigenvalue weighted by atomic mass is 15.1. The number of benzene rings is 1. The Hall–Kier alpha value is -0.860. The number of rotatable bonds is 2. The van der Waals surface area contributed by atoms with Crippen molar-refractivity contribution in [3.8, 4) is 0 Å². The molecule has 0 aromatic heterocycles. The highest BCUT2D eigenvalue weighted by Crippen LogP contribution is 2.19. The highest BCUT2D eigenvalue weighted by molar-refractivity contribution is 5.33. The van der Waals surface area contributed by atoms with Crippen LogP contribution in [-0.2, 0) is 19.5 Å². The first-order valence-electron chi connectivity index (χ1n) is 5.23. The van der Waals surface area contributed by atoms with Gasteiger partial charge in [0.1, 0.15) is 0 Å². The van der Waals surface area contributed by atoms with Crippen molar-refractivity contribution < 1.29 is 0 Å². The van der Waals surface area contributed by atoms with Crippen molar-refractivity contribution in [2.45, 2.75) is 19.5 Å². The standard InChI is InChI=1S/C12H18N2/c1-13-8-10-3-4-12-9-14(2)6-5-11(12)7-10/h3-4,7,13H,5-6,8-9H2,1-2H3. The fourth-order valence-electron chi connectivity index (χ4n) is 2.06. The predicted molar refractivity (Wildman–Crippen MR) is 59.2 cm³/mol. The minimum atomic E-state index is 0.975. The molecule has 1 aliphatic rings. The Morgan fingerprint density at radius 2 is 2.21 bits per heavy atom. The molecule has 0 saturated carbocycles. The molecule has 0 spiro atoms. The van der Waals surface area contributed by atoms with Gasteiger partial charge in [-0.05, 0) is 37.2 Å². The Morgan fingerprint density at radius 1 is 1.36 bits per heavy atom. The van der Waals surface area contributed by atoms with Crippen LogP contribution in [0.4, 0.5) is 0 Å². The molecule has 0 saturated heterocycles. The number of hydrogen-bond acceptors (Lipinski definition) is 2. The normalized spacial score (nSPS) is 16.7. The van der Waals surface area contributed by atoms with E-state index < -0.39 is 0 Å². The first-order chi connectivity index (χ1) is 6.79. The second-order valence-electron chi connectivity index (χ2n) is 4.12. The molecule has 1 N–H and O–H groups in total. The third-order valence-corrected chi connectivity index (χ3v) is 2.85. The lowest BCUT2D eigenvalue weighted by molar-refractivity contribution is 0.313. The second kappa shape index (κ2) is 4.11. The topological polar surface area (TPSA) is 15.3 Å². The molecule has 2 heteroatoms. The van der Waals surface area contributed by atoms with Crippen molar-refractivity contribution >= 4 is 0 Å². The van der Waals surface area contributed by atoms with Crippen LogP contribution in [0, 0.1) is 0 Å². The maximum absolute atomic E-state index is 3.19.